The molecule has 3 nitrogen and oxygen atoms in total. The van der Waals surface area contributed by atoms with Gasteiger partial charge in [-0.1, -0.05) is 50.4 Å². The molecular weight excluding hydrogens is 334 g/mol. The quantitative estimate of drug-likeness (QED) is 0.548. The number of hydrogen-bond donors (Lipinski definition) is 0. The monoisotopic (exact) mass is 351 g/mol. The Morgan fingerprint density at radius 3 is 2.50 bits per heavy atom. The van der Waals surface area contributed by atoms with Crippen molar-refractivity contribution in [3.05, 3.63) is 33.8 Å². The lowest BCUT2D eigenvalue weighted by Gasteiger charge is -2.19. The predicted octanol–water partition coefficient (Wildman–Crippen LogP) is 4.51. The summed E-state index contributed by atoms with van der Waals surface area (Å²) in [6.45, 7) is 9.01. The molecule has 1 amide bonds. The Balaban J connectivity index is 1.93. The molecule has 0 spiro atoms. The maximum Gasteiger partial charge on any atom is 0.298 e. The maximum absolute atomic E-state index is 12.3. The Hall–Kier alpha value is -0.980. The summed E-state index contributed by atoms with van der Waals surface area (Å²) >= 11 is 8.29. The van der Waals surface area contributed by atoms with Crippen LogP contribution in [0.25, 0.3) is 0 Å². The zero-order valence-corrected chi connectivity index (χ0v) is 15.4. The number of rotatable bonds is 1. The number of thiocarbonyl (C=S) groups is 1. The van der Waals surface area contributed by atoms with Crippen molar-refractivity contribution in [1.29, 1.82) is 0 Å². The van der Waals surface area contributed by atoms with Crippen molar-refractivity contribution in [2.45, 2.75) is 42.9 Å². The summed E-state index contributed by atoms with van der Waals surface area (Å²) in [7, 11) is 0. The molecule has 0 bridgehead atoms. The van der Waals surface area contributed by atoms with Crippen molar-refractivity contribution in [3.63, 3.8) is 0 Å². The first kappa shape index (κ1) is 15.9. The Labute approximate surface area is 144 Å². The molecule has 1 aromatic carbocycles. The van der Waals surface area contributed by atoms with Crippen molar-refractivity contribution in [2.75, 3.05) is 6.54 Å². The number of thioether (sulfide) groups is 2. The minimum Gasteiger partial charge on any atom is -0.424 e. The predicted molar refractivity (Wildman–Crippen MR) is 95.0 cm³/mol. The molecule has 0 aromatic heterocycles. The molecule has 6 heteroatoms. The van der Waals surface area contributed by atoms with Crippen molar-refractivity contribution in [2.24, 2.45) is 0 Å². The first-order valence-corrected chi connectivity index (χ1v) is 9.13. The highest BCUT2D eigenvalue weighted by molar-refractivity contribution is 8.24. The summed E-state index contributed by atoms with van der Waals surface area (Å²) in [5, 5.41) is 0.252. The van der Waals surface area contributed by atoms with Crippen LogP contribution in [0.2, 0.25) is 0 Å². The van der Waals surface area contributed by atoms with Crippen molar-refractivity contribution < 1.29 is 9.53 Å². The van der Waals surface area contributed by atoms with Gasteiger partial charge in [-0.3, -0.25) is 9.69 Å². The molecule has 0 radical (unpaired) electrons. The molecule has 0 unspecified atom stereocenters. The molecule has 0 N–H and O–H groups in total. The molecule has 22 heavy (non-hydrogen) atoms. The second-order valence-electron chi connectivity index (χ2n) is 6.15. The van der Waals surface area contributed by atoms with Gasteiger partial charge in [0.15, 0.2) is 0 Å². The Bertz CT molecular complexity index is 704. The first-order valence-electron chi connectivity index (χ1n) is 7.09. The van der Waals surface area contributed by atoms with Gasteiger partial charge in [0.25, 0.3) is 11.1 Å². The summed E-state index contributed by atoms with van der Waals surface area (Å²) in [5.74, 6) is 0.238. The van der Waals surface area contributed by atoms with E-state index in [2.05, 4.69) is 39.0 Å². The fourth-order valence-electron chi connectivity index (χ4n) is 2.25. The Morgan fingerprint density at radius 2 is 1.91 bits per heavy atom. The van der Waals surface area contributed by atoms with Crippen LogP contribution in [-0.4, -0.2) is 22.5 Å². The fourth-order valence-corrected chi connectivity index (χ4v) is 4.99. The zero-order valence-electron chi connectivity index (χ0n) is 12.9. The van der Waals surface area contributed by atoms with Gasteiger partial charge < -0.3 is 4.74 Å². The molecule has 1 aromatic rings. The number of carbonyl (C=O) groups excluding carboxylic acids is 1. The normalized spacial score (nSPS) is 21.4. The lowest BCUT2D eigenvalue weighted by atomic mass is 9.87. The molecule has 0 atom stereocenters. The molecule has 0 aliphatic carbocycles. The van der Waals surface area contributed by atoms with E-state index in [1.807, 2.05) is 6.92 Å². The SMILES string of the molecule is CCN1C(=O)C(=C2Sc3ccc(C(C)(C)C)cc3S2)OC1=S. The van der Waals surface area contributed by atoms with Gasteiger partial charge in [-0.25, -0.2) is 0 Å². The van der Waals surface area contributed by atoms with E-state index in [4.69, 9.17) is 17.0 Å². The summed E-state index contributed by atoms with van der Waals surface area (Å²) in [6.07, 6.45) is 0. The van der Waals surface area contributed by atoms with E-state index in [1.165, 1.54) is 15.4 Å². The van der Waals surface area contributed by atoms with Crippen LogP contribution in [0.5, 0.6) is 0 Å². The first-order chi connectivity index (χ1) is 10.3. The number of ether oxygens (including phenoxy) is 1. The van der Waals surface area contributed by atoms with E-state index in [0.717, 1.165) is 9.13 Å². The maximum atomic E-state index is 12.3. The molecule has 2 aliphatic heterocycles. The van der Waals surface area contributed by atoms with Gasteiger partial charge in [0.05, 0.1) is 4.24 Å². The van der Waals surface area contributed by atoms with E-state index in [0.29, 0.717) is 12.3 Å². The molecule has 3 rings (SSSR count). The third kappa shape index (κ3) is 2.68. The Kier molecular flexibility index (Phi) is 4.03. The van der Waals surface area contributed by atoms with E-state index in [9.17, 15) is 4.79 Å². The number of amides is 1. The van der Waals surface area contributed by atoms with Crippen molar-refractivity contribution >= 4 is 46.8 Å². The lowest BCUT2D eigenvalue weighted by Crippen LogP contribution is -2.27. The number of fused-ring (bicyclic) bond motifs is 1. The summed E-state index contributed by atoms with van der Waals surface area (Å²) < 4.78 is 6.41. The largest absolute Gasteiger partial charge is 0.424 e. The van der Waals surface area contributed by atoms with Crippen LogP contribution in [-0.2, 0) is 14.9 Å². The lowest BCUT2D eigenvalue weighted by molar-refractivity contribution is -0.122. The summed E-state index contributed by atoms with van der Waals surface area (Å²) in [6, 6.07) is 6.48. The molecule has 116 valence electrons. The highest BCUT2D eigenvalue weighted by Gasteiger charge is 2.37. The third-order valence-electron chi connectivity index (χ3n) is 3.57. The minimum atomic E-state index is -0.133. The fraction of sp³-hybridized carbons (Fsp3) is 0.375. The second-order valence-corrected chi connectivity index (χ2v) is 8.86. The van der Waals surface area contributed by atoms with Crippen LogP contribution in [0.4, 0.5) is 0 Å². The van der Waals surface area contributed by atoms with E-state index in [-0.39, 0.29) is 16.5 Å². The van der Waals surface area contributed by atoms with Gasteiger partial charge >= 0.3 is 0 Å². The van der Waals surface area contributed by atoms with Crippen LogP contribution >= 0.6 is 35.7 Å². The van der Waals surface area contributed by atoms with Crippen molar-refractivity contribution in [3.8, 4) is 0 Å². The smallest absolute Gasteiger partial charge is 0.298 e. The topological polar surface area (TPSA) is 29.5 Å². The van der Waals surface area contributed by atoms with E-state index < -0.39 is 0 Å². The molecule has 2 heterocycles. The third-order valence-corrected chi connectivity index (χ3v) is 6.37. The summed E-state index contributed by atoms with van der Waals surface area (Å²) in [5.41, 5.74) is 1.39. The highest BCUT2D eigenvalue weighted by atomic mass is 32.2. The molecular formula is C16H17NO2S3. The molecule has 2 aliphatic rings. The number of carbonyl (C=O) groups is 1. The van der Waals surface area contributed by atoms with Crippen LogP contribution in [0.15, 0.2) is 38.0 Å². The van der Waals surface area contributed by atoms with Crippen LogP contribution in [0, 0.1) is 0 Å². The van der Waals surface area contributed by atoms with E-state index in [1.54, 1.807) is 23.5 Å². The number of likely N-dealkylation sites (N-methyl/N-ethyl adjacent to an activating group) is 1. The van der Waals surface area contributed by atoms with Gasteiger partial charge in [-0.05, 0) is 42.3 Å². The number of nitrogens with zero attached hydrogens (tertiary/aromatic N) is 1. The minimum absolute atomic E-state index is 0.108. The molecule has 0 saturated carbocycles. The number of hydrogen-bond acceptors (Lipinski definition) is 5. The standard InChI is InChI=1S/C16H17NO2S3/c1-5-17-13(18)12(19-15(17)20)14-21-10-7-6-9(16(2,3)4)8-11(10)22-14/h6-8H,5H2,1-4H3. The highest BCUT2D eigenvalue weighted by Crippen LogP contribution is 2.53. The molecule has 1 fully saturated rings. The average Bonchev–Trinajstić information content (AvgIpc) is 2.97. The van der Waals surface area contributed by atoms with E-state index >= 15 is 0 Å². The summed E-state index contributed by atoms with van der Waals surface area (Å²) in [4.78, 5) is 16.2. The van der Waals surface area contributed by atoms with Gasteiger partial charge in [0.1, 0.15) is 0 Å². The second kappa shape index (κ2) is 5.58. The molecule has 1 saturated heterocycles. The van der Waals surface area contributed by atoms with Gasteiger partial charge in [-0.15, -0.1) is 0 Å². The average molecular weight is 352 g/mol. The number of benzene rings is 1. The van der Waals surface area contributed by atoms with Gasteiger partial charge in [-0.2, -0.15) is 0 Å². The van der Waals surface area contributed by atoms with Crippen LogP contribution in [0.1, 0.15) is 33.3 Å². The van der Waals surface area contributed by atoms with Crippen molar-refractivity contribution in [1.82, 2.24) is 4.90 Å². The van der Waals surface area contributed by atoms with Gasteiger partial charge in [0, 0.05) is 16.3 Å². The zero-order chi connectivity index (χ0) is 16.1. The van der Waals surface area contributed by atoms with Crippen LogP contribution < -0.4 is 0 Å². The van der Waals surface area contributed by atoms with Crippen LogP contribution in [0.3, 0.4) is 0 Å². The van der Waals surface area contributed by atoms with Gasteiger partial charge in [0.2, 0.25) is 5.76 Å². The Morgan fingerprint density at radius 1 is 1.23 bits per heavy atom.